The van der Waals surface area contributed by atoms with Crippen LogP contribution >= 0.6 is 0 Å². The number of aromatic nitrogens is 1. The highest BCUT2D eigenvalue weighted by atomic mass is 16.3. The molecule has 5 nitrogen and oxygen atoms in total. The first-order chi connectivity index (χ1) is 14.5. The van der Waals surface area contributed by atoms with E-state index in [-0.39, 0.29) is 11.9 Å². The number of pyridine rings is 1. The van der Waals surface area contributed by atoms with Gasteiger partial charge in [-0.15, -0.1) is 0 Å². The van der Waals surface area contributed by atoms with Crippen LogP contribution in [0, 0.1) is 12.3 Å². The number of carbonyl (C=O) groups excluding carboxylic acids is 1. The molecule has 1 saturated carbocycles. The van der Waals surface area contributed by atoms with Crippen LogP contribution in [0.2, 0.25) is 0 Å². The summed E-state index contributed by atoms with van der Waals surface area (Å²) in [5, 5.41) is 0. The van der Waals surface area contributed by atoms with Crippen molar-refractivity contribution in [3.63, 3.8) is 0 Å². The van der Waals surface area contributed by atoms with Crippen molar-refractivity contribution in [3.05, 3.63) is 48.0 Å². The average Bonchev–Trinajstić information content (AvgIpc) is 3.30. The molecule has 0 aromatic carbocycles. The molecule has 0 radical (unpaired) electrons. The summed E-state index contributed by atoms with van der Waals surface area (Å²) in [6.07, 6.45) is 13.6. The lowest BCUT2D eigenvalue weighted by molar-refractivity contribution is 0.0925. The van der Waals surface area contributed by atoms with Crippen molar-refractivity contribution in [2.45, 2.75) is 71.3 Å². The van der Waals surface area contributed by atoms with Crippen LogP contribution in [-0.2, 0) is 0 Å². The second kappa shape index (κ2) is 9.34. The van der Waals surface area contributed by atoms with E-state index < -0.39 is 0 Å². The van der Waals surface area contributed by atoms with E-state index in [0.717, 1.165) is 37.3 Å². The highest BCUT2D eigenvalue weighted by Gasteiger charge is 2.33. The summed E-state index contributed by atoms with van der Waals surface area (Å²) >= 11 is 0. The molecular formula is C25H35N3O2. The SMILES string of the molecule is Cc1ccc(N(C(=O)c2ccco2)C2CCN(CCC3(C)CCCCC3)CC2)nc1. The highest BCUT2D eigenvalue weighted by Crippen LogP contribution is 2.39. The fourth-order valence-electron chi connectivity index (χ4n) is 5.06. The van der Waals surface area contributed by atoms with Crippen LogP contribution in [0.5, 0.6) is 0 Å². The third kappa shape index (κ3) is 4.94. The van der Waals surface area contributed by atoms with Crippen molar-refractivity contribution in [2.24, 2.45) is 5.41 Å². The Hall–Kier alpha value is -2.14. The summed E-state index contributed by atoms with van der Waals surface area (Å²) < 4.78 is 5.42. The summed E-state index contributed by atoms with van der Waals surface area (Å²) in [5.41, 5.74) is 1.62. The zero-order chi connectivity index (χ0) is 21.0. The standard InChI is InChI=1S/C25H35N3O2/c1-20-8-9-23(26-19-20)28(24(29)22-7-6-18-30-22)21-10-15-27(16-11-21)17-14-25(2)12-4-3-5-13-25/h6-9,18-19,21H,3-5,10-17H2,1-2H3. The number of likely N-dealkylation sites (tertiary alicyclic amines) is 1. The van der Waals surface area contributed by atoms with Gasteiger partial charge in [0.1, 0.15) is 5.82 Å². The van der Waals surface area contributed by atoms with Crippen LogP contribution in [0.4, 0.5) is 5.82 Å². The van der Waals surface area contributed by atoms with Crippen molar-refractivity contribution in [2.75, 3.05) is 24.5 Å². The molecule has 3 heterocycles. The van der Waals surface area contributed by atoms with Crippen molar-refractivity contribution < 1.29 is 9.21 Å². The maximum atomic E-state index is 13.2. The van der Waals surface area contributed by atoms with Gasteiger partial charge in [-0.05, 0) is 74.8 Å². The smallest absolute Gasteiger partial charge is 0.295 e. The predicted octanol–water partition coefficient (Wildman–Crippen LogP) is 5.45. The number of furan rings is 1. The molecule has 162 valence electrons. The van der Waals surface area contributed by atoms with Crippen LogP contribution in [0.25, 0.3) is 0 Å². The molecule has 1 aliphatic carbocycles. The first kappa shape index (κ1) is 21.1. The van der Waals surface area contributed by atoms with Crippen LogP contribution in [0.1, 0.15) is 74.4 Å². The molecule has 30 heavy (non-hydrogen) atoms. The quantitative estimate of drug-likeness (QED) is 0.636. The van der Waals surface area contributed by atoms with Gasteiger partial charge in [-0.2, -0.15) is 0 Å². The van der Waals surface area contributed by atoms with Gasteiger partial charge >= 0.3 is 0 Å². The number of hydrogen-bond donors (Lipinski definition) is 0. The minimum Gasteiger partial charge on any atom is -0.459 e. The minimum absolute atomic E-state index is 0.0930. The predicted molar refractivity (Wildman–Crippen MR) is 120 cm³/mol. The lowest BCUT2D eigenvalue weighted by Gasteiger charge is -2.40. The normalized spacial score (nSPS) is 20.2. The van der Waals surface area contributed by atoms with E-state index in [1.165, 1.54) is 45.1 Å². The summed E-state index contributed by atoms with van der Waals surface area (Å²) in [6.45, 7) is 7.74. The van der Waals surface area contributed by atoms with Crippen molar-refractivity contribution >= 4 is 11.7 Å². The van der Waals surface area contributed by atoms with Gasteiger partial charge in [0.15, 0.2) is 5.76 Å². The van der Waals surface area contributed by atoms with Crippen molar-refractivity contribution in [3.8, 4) is 0 Å². The molecular weight excluding hydrogens is 374 g/mol. The fraction of sp³-hybridized carbons (Fsp3) is 0.600. The molecule has 2 aliphatic rings. The van der Waals surface area contributed by atoms with Gasteiger partial charge in [-0.25, -0.2) is 4.98 Å². The zero-order valence-corrected chi connectivity index (χ0v) is 18.5. The molecule has 0 unspecified atom stereocenters. The number of carbonyl (C=O) groups is 1. The van der Waals surface area contributed by atoms with Crippen molar-refractivity contribution in [1.29, 1.82) is 0 Å². The van der Waals surface area contributed by atoms with E-state index in [0.29, 0.717) is 11.2 Å². The molecule has 5 heteroatoms. The Morgan fingerprint density at radius 2 is 1.97 bits per heavy atom. The molecule has 2 aromatic rings. The van der Waals surface area contributed by atoms with Gasteiger partial charge < -0.3 is 9.32 Å². The Morgan fingerprint density at radius 3 is 2.60 bits per heavy atom. The highest BCUT2D eigenvalue weighted by molar-refractivity contribution is 6.04. The number of anilines is 1. The lowest BCUT2D eigenvalue weighted by atomic mass is 9.73. The maximum Gasteiger partial charge on any atom is 0.295 e. The Bertz CT molecular complexity index is 801. The van der Waals surface area contributed by atoms with E-state index in [9.17, 15) is 4.79 Å². The third-order valence-electron chi connectivity index (χ3n) is 7.11. The molecule has 2 aromatic heterocycles. The number of aryl methyl sites for hydroxylation is 1. The number of hydrogen-bond acceptors (Lipinski definition) is 4. The number of amides is 1. The van der Waals surface area contributed by atoms with E-state index >= 15 is 0 Å². The van der Waals surface area contributed by atoms with Gasteiger partial charge in [0, 0.05) is 25.3 Å². The van der Waals surface area contributed by atoms with E-state index in [1.807, 2.05) is 30.2 Å². The summed E-state index contributed by atoms with van der Waals surface area (Å²) in [4.78, 5) is 22.2. The first-order valence-corrected chi connectivity index (χ1v) is 11.6. The fourth-order valence-corrected chi connectivity index (χ4v) is 5.06. The lowest BCUT2D eigenvalue weighted by Crippen LogP contribution is -2.48. The number of piperidine rings is 1. The molecule has 1 aliphatic heterocycles. The number of rotatable bonds is 6. The molecule has 1 amide bonds. The van der Waals surface area contributed by atoms with E-state index in [4.69, 9.17) is 4.42 Å². The largest absolute Gasteiger partial charge is 0.459 e. The third-order valence-corrected chi connectivity index (χ3v) is 7.11. The molecule has 0 atom stereocenters. The Balaban J connectivity index is 1.40. The van der Waals surface area contributed by atoms with Gasteiger partial charge in [0.25, 0.3) is 5.91 Å². The topological polar surface area (TPSA) is 49.6 Å². The molecule has 0 bridgehead atoms. The minimum atomic E-state index is -0.0930. The Morgan fingerprint density at radius 1 is 1.20 bits per heavy atom. The summed E-state index contributed by atoms with van der Waals surface area (Å²) in [6, 6.07) is 7.63. The van der Waals surface area contributed by atoms with Crippen LogP contribution < -0.4 is 4.90 Å². The zero-order valence-electron chi connectivity index (χ0n) is 18.5. The second-order valence-electron chi connectivity index (χ2n) is 9.54. The van der Waals surface area contributed by atoms with E-state index in [2.05, 4.69) is 16.8 Å². The molecule has 1 saturated heterocycles. The van der Waals surface area contributed by atoms with Gasteiger partial charge in [-0.3, -0.25) is 9.69 Å². The maximum absolute atomic E-state index is 13.2. The van der Waals surface area contributed by atoms with Crippen LogP contribution in [-0.4, -0.2) is 41.5 Å². The Kier molecular flexibility index (Phi) is 6.57. The molecule has 2 fully saturated rings. The van der Waals surface area contributed by atoms with Crippen LogP contribution in [0.15, 0.2) is 41.1 Å². The molecule has 4 rings (SSSR count). The van der Waals surface area contributed by atoms with Gasteiger partial charge in [0.05, 0.1) is 6.26 Å². The molecule has 0 N–H and O–H groups in total. The first-order valence-electron chi connectivity index (χ1n) is 11.6. The summed E-state index contributed by atoms with van der Waals surface area (Å²) in [5.74, 6) is 1.00. The van der Waals surface area contributed by atoms with Crippen molar-refractivity contribution in [1.82, 2.24) is 9.88 Å². The summed E-state index contributed by atoms with van der Waals surface area (Å²) in [7, 11) is 0. The van der Waals surface area contributed by atoms with Gasteiger partial charge in [0.2, 0.25) is 0 Å². The molecule has 0 spiro atoms. The average molecular weight is 410 g/mol. The van der Waals surface area contributed by atoms with Gasteiger partial charge in [-0.1, -0.05) is 32.3 Å². The second-order valence-corrected chi connectivity index (χ2v) is 9.54. The number of nitrogens with zero attached hydrogens (tertiary/aromatic N) is 3. The van der Waals surface area contributed by atoms with Crippen LogP contribution in [0.3, 0.4) is 0 Å². The Labute approximate surface area is 180 Å². The van der Waals surface area contributed by atoms with E-state index in [1.54, 1.807) is 18.4 Å². The monoisotopic (exact) mass is 409 g/mol.